The SMILES string of the molecule is CCOc1cc(C=O)ccc1C(C)OC(=O)/C=C/C(=O)OC(C)c1ccc(C=O)cc1OCC. The molecule has 0 saturated carbocycles. The van der Waals surface area contributed by atoms with E-state index >= 15 is 0 Å². The van der Waals surface area contributed by atoms with Gasteiger partial charge in [0.05, 0.1) is 13.2 Å². The molecule has 0 aliphatic heterocycles. The number of rotatable bonds is 12. The van der Waals surface area contributed by atoms with Crippen LogP contribution in [0.4, 0.5) is 0 Å². The van der Waals surface area contributed by atoms with E-state index in [2.05, 4.69) is 0 Å². The Morgan fingerprint density at radius 2 is 1.12 bits per heavy atom. The Kier molecular flexibility index (Phi) is 10.0. The van der Waals surface area contributed by atoms with Crippen LogP contribution in [0.3, 0.4) is 0 Å². The summed E-state index contributed by atoms with van der Waals surface area (Å²) in [5, 5.41) is 0. The van der Waals surface area contributed by atoms with Crippen molar-refractivity contribution in [3.05, 3.63) is 70.8 Å². The lowest BCUT2D eigenvalue weighted by atomic mass is 10.1. The van der Waals surface area contributed by atoms with Crippen molar-refractivity contribution in [2.75, 3.05) is 13.2 Å². The van der Waals surface area contributed by atoms with E-state index in [1.165, 1.54) is 0 Å². The van der Waals surface area contributed by atoms with Crippen molar-refractivity contribution in [1.29, 1.82) is 0 Å². The van der Waals surface area contributed by atoms with E-state index in [4.69, 9.17) is 18.9 Å². The Balaban J connectivity index is 2.02. The molecule has 0 N–H and O–H groups in total. The molecule has 0 heterocycles. The van der Waals surface area contributed by atoms with Crippen LogP contribution in [0, 0.1) is 0 Å². The third-order valence-corrected chi connectivity index (χ3v) is 4.76. The quantitative estimate of drug-likeness (QED) is 0.253. The molecule has 8 nitrogen and oxygen atoms in total. The number of carbonyl (C=O) groups excluding carboxylic acids is 4. The maximum absolute atomic E-state index is 12.2. The van der Waals surface area contributed by atoms with E-state index in [1.54, 1.807) is 64.1 Å². The van der Waals surface area contributed by atoms with Gasteiger partial charge >= 0.3 is 11.9 Å². The molecule has 2 atom stereocenters. The fraction of sp³-hybridized carbons (Fsp3) is 0.308. The summed E-state index contributed by atoms with van der Waals surface area (Å²) < 4.78 is 21.8. The van der Waals surface area contributed by atoms with Gasteiger partial charge in [-0.15, -0.1) is 0 Å². The number of carbonyl (C=O) groups is 4. The molecule has 0 radical (unpaired) electrons. The Morgan fingerprint density at radius 3 is 1.44 bits per heavy atom. The van der Waals surface area contributed by atoms with Crippen LogP contribution in [0.5, 0.6) is 11.5 Å². The van der Waals surface area contributed by atoms with Gasteiger partial charge in [-0.25, -0.2) is 9.59 Å². The van der Waals surface area contributed by atoms with Crippen LogP contribution in [-0.2, 0) is 19.1 Å². The molecule has 2 unspecified atom stereocenters. The van der Waals surface area contributed by atoms with E-state index in [0.717, 1.165) is 12.2 Å². The number of ether oxygens (including phenoxy) is 4. The predicted molar refractivity (Wildman–Crippen MR) is 124 cm³/mol. The summed E-state index contributed by atoms with van der Waals surface area (Å²) >= 11 is 0. The maximum atomic E-state index is 12.2. The van der Waals surface area contributed by atoms with Gasteiger partial charge in [-0.1, -0.05) is 24.3 Å². The molecular weight excluding hydrogens is 440 g/mol. The second-order valence-corrected chi connectivity index (χ2v) is 7.19. The van der Waals surface area contributed by atoms with Gasteiger partial charge in [0.15, 0.2) is 0 Å². The average Bonchev–Trinajstić information content (AvgIpc) is 2.82. The fourth-order valence-electron chi connectivity index (χ4n) is 3.17. The van der Waals surface area contributed by atoms with Gasteiger partial charge in [-0.05, 0) is 39.8 Å². The molecule has 8 heteroatoms. The molecule has 34 heavy (non-hydrogen) atoms. The normalized spacial score (nSPS) is 12.5. The zero-order chi connectivity index (χ0) is 25.1. The number of hydrogen-bond donors (Lipinski definition) is 0. The second kappa shape index (κ2) is 12.9. The molecule has 2 aromatic carbocycles. The van der Waals surface area contributed by atoms with Crippen molar-refractivity contribution in [3.63, 3.8) is 0 Å². The number of esters is 2. The zero-order valence-corrected chi connectivity index (χ0v) is 19.6. The van der Waals surface area contributed by atoms with Crippen LogP contribution in [0.25, 0.3) is 0 Å². The first kappa shape index (κ1) is 26.3. The highest BCUT2D eigenvalue weighted by Crippen LogP contribution is 2.30. The molecule has 0 aromatic heterocycles. The Hall–Kier alpha value is -3.94. The Bertz CT molecular complexity index is 973. The lowest BCUT2D eigenvalue weighted by molar-refractivity contribution is -0.145. The summed E-state index contributed by atoms with van der Waals surface area (Å²) in [6.07, 6.45) is 1.99. The first-order valence-corrected chi connectivity index (χ1v) is 10.9. The molecule has 0 fully saturated rings. The van der Waals surface area contributed by atoms with Crippen molar-refractivity contribution in [2.45, 2.75) is 39.9 Å². The van der Waals surface area contributed by atoms with Crippen LogP contribution in [0.15, 0.2) is 48.6 Å². The monoisotopic (exact) mass is 468 g/mol. The summed E-state index contributed by atoms with van der Waals surface area (Å²) in [7, 11) is 0. The topological polar surface area (TPSA) is 105 Å². The lowest BCUT2D eigenvalue weighted by Crippen LogP contribution is -2.11. The Morgan fingerprint density at radius 1 is 0.735 bits per heavy atom. The molecule has 0 amide bonds. The number of hydrogen-bond acceptors (Lipinski definition) is 8. The van der Waals surface area contributed by atoms with Crippen LogP contribution in [0.2, 0.25) is 0 Å². The van der Waals surface area contributed by atoms with Crippen molar-refractivity contribution in [3.8, 4) is 11.5 Å². The minimum atomic E-state index is -0.746. The molecule has 0 saturated heterocycles. The fourth-order valence-corrected chi connectivity index (χ4v) is 3.17. The lowest BCUT2D eigenvalue weighted by Gasteiger charge is -2.17. The van der Waals surface area contributed by atoms with Gasteiger partial charge in [0.2, 0.25) is 0 Å². The maximum Gasteiger partial charge on any atom is 0.331 e. The highest BCUT2D eigenvalue weighted by Gasteiger charge is 2.18. The largest absolute Gasteiger partial charge is 0.493 e. The van der Waals surface area contributed by atoms with Crippen molar-refractivity contribution >= 4 is 24.5 Å². The number of benzene rings is 2. The summed E-state index contributed by atoms with van der Waals surface area (Å²) in [6.45, 7) is 7.67. The highest BCUT2D eigenvalue weighted by molar-refractivity contribution is 5.92. The molecule has 0 aliphatic carbocycles. The van der Waals surface area contributed by atoms with Gasteiger partial charge in [0.25, 0.3) is 0 Å². The first-order chi connectivity index (χ1) is 16.3. The highest BCUT2D eigenvalue weighted by atomic mass is 16.6. The van der Waals surface area contributed by atoms with E-state index in [-0.39, 0.29) is 0 Å². The summed E-state index contributed by atoms with van der Waals surface area (Å²) in [6, 6.07) is 9.64. The van der Waals surface area contributed by atoms with Crippen LogP contribution in [-0.4, -0.2) is 37.7 Å². The molecule has 0 aliphatic rings. The van der Waals surface area contributed by atoms with Crippen LogP contribution >= 0.6 is 0 Å². The second-order valence-electron chi connectivity index (χ2n) is 7.19. The van der Waals surface area contributed by atoms with Gasteiger partial charge in [0.1, 0.15) is 36.3 Å². The van der Waals surface area contributed by atoms with Gasteiger partial charge in [-0.3, -0.25) is 9.59 Å². The zero-order valence-electron chi connectivity index (χ0n) is 19.6. The van der Waals surface area contributed by atoms with E-state index in [0.29, 0.717) is 59.5 Å². The molecule has 180 valence electrons. The number of aldehydes is 2. The third-order valence-electron chi connectivity index (χ3n) is 4.76. The van der Waals surface area contributed by atoms with Gasteiger partial charge < -0.3 is 18.9 Å². The molecule has 2 rings (SSSR count). The van der Waals surface area contributed by atoms with Crippen molar-refractivity contribution in [1.82, 2.24) is 0 Å². The van der Waals surface area contributed by atoms with Crippen molar-refractivity contribution < 1.29 is 38.1 Å². The predicted octanol–water partition coefficient (Wildman–Crippen LogP) is 4.57. The average molecular weight is 469 g/mol. The molecule has 0 bridgehead atoms. The standard InChI is InChI=1S/C26H28O8/c1-5-31-23-13-19(15-27)7-9-21(23)17(3)33-25(29)11-12-26(30)34-18(4)22-10-8-20(16-28)14-24(22)32-6-2/h7-18H,5-6H2,1-4H3/b12-11+. The minimum absolute atomic E-state index is 0.378. The summed E-state index contributed by atoms with van der Waals surface area (Å²) in [5.41, 5.74) is 2.06. The molecule has 2 aromatic rings. The first-order valence-electron chi connectivity index (χ1n) is 10.9. The van der Waals surface area contributed by atoms with Crippen LogP contribution in [0.1, 0.15) is 71.7 Å². The molecule has 0 spiro atoms. The smallest absolute Gasteiger partial charge is 0.331 e. The summed E-state index contributed by atoms with van der Waals surface area (Å²) in [4.78, 5) is 46.5. The van der Waals surface area contributed by atoms with Crippen molar-refractivity contribution in [2.24, 2.45) is 0 Å². The van der Waals surface area contributed by atoms with Gasteiger partial charge in [-0.2, -0.15) is 0 Å². The third kappa shape index (κ3) is 7.30. The van der Waals surface area contributed by atoms with Gasteiger partial charge in [0, 0.05) is 34.4 Å². The Labute approximate surface area is 198 Å². The van der Waals surface area contributed by atoms with Crippen LogP contribution < -0.4 is 9.47 Å². The summed E-state index contributed by atoms with van der Waals surface area (Å²) in [5.74, 6) is -0.612. The van der Waals surface area contributed by atoms with E-state index in [9.17, 15) is 19.2 Å². The minimum Gasteiger partial charge on any atom is -0.493 e. The molecular formula is C26H28O8. The van der Waals surface area contributed by atoms with E-state index < -0.39 is 24.1 Å². The van der Waals surface area contributed by atoms with E-state index in [1.807, 2.05) is 0 Å².